The second kappa shape index (κ2) is 10.3. The Labute approximate surface area is 157 Å². The molecular weight excluding hydrogens is 358 g/mol. The molecule has 0 N–H and O–H groups in total. The van der Waals surface area contributed by atoms with Gasteiger partial charge in [0.25, 0.3) is 5.91 Å². The lowest BCUT2D eigenvalue weighted by Crippen LogP contribution is -2.45. The molecule has 1 aliphatic heterocycles. The number of rotatable bonds is 10. The van der Waals surface area contributed by atoms with E-state index in [1.165, 1.54) is 0 Å². The van der Waals surface area contributed by atoms with Crippen LogP contribution in [-0.2, 0) is 28.9 Å². The van der Waals surface area contributed by atoms with Crippen LogP contribution in [-0.4, -0.2) is 68.6 Å². The van der Waals surface area contributed by atoms with E-state index >= 15 is 0 Å². The number of sulfone groups is 1. The van der Waals surface area contributed by atoms with Gasteiger partial charge in [-0.15, -0.1) is 0 Å². The van der Waals surface area contributed by atoms with Gasteiger partial charge in [0.1, 0.15) is 0 Å². The number of ether oxygens (including phenoxy) is 2. The fourth-order valence-electron chi connectivity index (χ4n) is 2.75. The minimum absolute atomic E-state index is 0.0197. The Morgan fingerprint density at radius 2 is 1.77 bits per heavy atom. The van der Waals surface area contributed by atoms with Gasteiger partial charge in [-0.2, -0.15) is 0 Å². The Morgan fingerprint density at radius 1 is 1.12 bits per heavy atom. The Balaban J connectivity index is 2.54. The molecule has 1 heterocycles. The van der Waals surface area contributed by atoms with E-state index in [0.717, 1.165) is 6.42 Å². The molecule has 26 heavy (non-hydrogen) atoms. The topological polar surface area (TPSA) is 90.0 Å². The van der Waals surface area contributed by atoms with Gasteiger partial charge in [0.05, 0.1) is 11.5 Å². The number of esters is 1. The van der Waals surface area contributed by atoms with Crippen LogP contribution < -0.4 is 0 Å². The Morgan fingerprint density at radius 3 is 2.27 bits per heavy atom. The average Bonchev–Trinajstić information content (AvgIpc) is 2.89. The molecule has 0 saturated carbocycles. The minimum atomic E-state index is -3.09. The molecule has 7 nitrogen and oxygen atoms in total. The fourth-order valence-corrected chi connectivity index (χ4v) is 4.48. The van der Waals surface area contributed by atoms with Crippen LogP contribution in [0.3, 0.4) is 0 Å². The summed E-state index contributed by atoms with van der Waals surface area (Å²) in [6.45, 7) is 10.2. The molecule has 0 aliphatic carbocycles. The lowest BCUT2D eigenvalue weighted by Gasteiger charge is -2.29. The van der Waals surface area contributed by atoms with Gasteiger partial charge in [0.2, 0.25) is 0 Å². The predicted octanol–water partition coefficient (Wildman–Crippen LogP) is 1.65. The summed E-state index contributed by atoms with van der Waals surface area (Å²) in [6.07, 6.45) is 0.546. The summed E-state index contributed by atoms with van der Waals surface area (Å²) in [5.74, 6) is -0.189. The Kier molecular flexibility index (Phi) is 9.03. The monoisotopic (exact) mass is 391 g/mol. The molecular formula is C18H33NO6S. The summed E-state index contributed by atoms with van der Waals surface area (Å²) in [5, 5.41) is 0. The van der Waals surface area contributed by atoms with Crippen LogP contribution in [0, 0.1) is 11.8 Å². The number of carbonyl (C=O) groups is 2. The average molecular weight is 392 g/mol. The Bertz CT molecular complexity index is 572. The summed E-state index contributed by atoms with van der Waals surface area (Å²) in [4.78, 5) is 26.0. The summed E-state index contributed by atoms with van der Waals surface area (Å²) in [6, 6.07) is -0.340. The van der Waals surface area contributed by atoms with E-state index in [1.54, 1.807) is 11.8 Å². The van der Waals surface area contributed by atoms with Crippen molar-refractivity contribution in [2.45, 2.75) is 59.6 Å². The molecule has 1 fully saturated rings. The third kappa shape index (κ3) is 8.03. The molecule has 0 radical (unpaired) electrons. The van der Waals surface area contributed by atoms with Crippen molar-refractivity contribution in [3.63, 3.8) is 0 Å². The molecule has 1 saturated heterocycles. The lowest BCUT2D eigenvalue weighted by molar-refractivity contribution is -0.162. The van der Waals surface area contributed by atoms with Gasteiger partial charge in [-0.3, -0.25) is 4.79 Å². The van der Waals surface area contributed by atoms with Crippen LogP contribution in [0.1, 0.15) is 47.5 Å². The molecule has 1 rings (SSSR count). The summed E-state index contributed by atoms with van der Waals surface area (Å²) in [5.41, 5.74) is 0. The maximum absolute atomic E-state index is 12.5. The van der Waals surface area contributed by atoms with Crippen molar-refractivity contribution in [1.29, 1.82) is 0 Å². The Hall–Kier alpha value is -1.15. The lowest BCUT2D eigenvalue weighted by atomic mass is 10.1. The van der Waals surface area contributed by atoms with Gasteiger partial charge < -0.3 is 14.4 Å². The first-order chi connectivity index (χ1) is 12.0. The van der Waals surface area contributed by atoms with E-state index in [0.29, 0.717) is 25.5 Å². The number of hydrogen-bond donors (Lipinski definition) is 0. The summed E-state index contributed by atoms with van der Waals surface area (Å²) < 4.78 is 33.9. The number of hydrogen-bond acceptors (Lipinski definition) is 6. The number of nitrogens with zero attached hydrogens (tertiary/aromatic N) is 1. The first-order valence-corrected chi connectivity index (χ1v) is 11.1. The van der Waals surface area contributed by atoms with E-state index in [2.05, 4.69) is 13.8 Å². The van der Waals surface area contributed by atoms with Crippen molar-refractivity contribution >= 4 is 21.7 Å². The SMILES string of the molecule is CC(C)CCOC(C)C(=O)OCC(=O)N(CC(C)C)C1CCS(=O)(=O)C1. The predicted molar refractivity (Wildman–Crippen MR) is 99.4 cm³/mol. The molecule has 2 unspecified atom stereocenters. The van der Waals surface area contributed by atoms with Gasteiger partial charge in [-0.25, -0.2) is 13.2 Å². The molecule has 1 aliphatic rings. The fraction of sp³-hybridized carbons (Fsp3) is 0.889. The van der Waals surface area contributed by atoms with Crippen LogP contribution in [0.4, 0.5) is 0 Å². The first kappa shape index (κ1) is 22.9. The van der Waals surface area contributed by atoms with E-state index < -0.39 is 21.9 Å². The van der Waals surface area contributed by atoms with Gasteiger partial charge in [0, 0.05) is 19.2 Å². The van der Waals surface area contributed by atoms with Gasteiger partial charge >= 0.3 is 5.97 Å². The number of amides is 1. The van der Waals surface area contributed by atoms with Crippen molar-refractivity contribution in [2.24, 2.45) is 11.8 Å². The summed E-state index contributed by atoms with van der Waals surface area (Å²) >= 11 is 0. The smallest absolute Gasteiger partial charge is 0.335 e. The molecule has 0 aromatic rings. The molecule has 0 spiro atoms. The maximum Gasteiger partial charge on any atom is 0.335 e. The highest BCUT2D eigenvalue weighted by atomic mass is 32.2. The summed E-state index contributed by atoms with van der Waals surface area (Å²) in [7, 11) is -3.09. The normalized spacial score (nSPS) is 20.3. The largest absolute Gasteiger partial charge is 0.454 e. The van der Waals surface area contributed by atoms with Crippen LogP contribution in [0.25, 0.3) is 0 Å². The molecule has 152 valence electrons. The zero-order chi connectivity index (χ0) is 19.9. The molecule has 0 aromatic carbocycles. The standard InChI is InChI=1S/C18H33NO6S/c1-13(2)6-8-24-15(5)18(21)25-11-17(20)19(10-14(3)4)16-7-9-26(22,23)12-16/h13-16H,6-12H2,1-5H3. The van der Waals surface area contributed by atoms with Crippen molar-refractivity contribution in [1.82, 2.24) is 4.90 Å². The zero-order valence-corrected chi connectivity index (χ0v) is 17.4. The van der Waals surface area contributed by atoms with Crippen molar-refractivity contribution < 1.29 is 27.5 Å². The van der Waals surface area contributed by atoms with Gasteiger partial charge in [0.15, 0.2) is 22.5 Å². The van der Waals surface area contributed by atoms with Crippen LogP contribution in [0.15, 0.2) is 0 Å². The van der Waals surface area contributed by atoms with Gasteiger partial charge in [-0.1, -0.05) is 27.7 Å². The third-order valence-corrected chi connectivity index (χ3v) is 6.01. The molecule has 0 aromatic heterocycles. The molecule has 2 atom stereocenters. The molecule has 0 bridgehead atoms. The van der Waals surface area contributed by atoms with Crippen LogP contribution in [0.5, 0.6) is 0 Å². The van der Waals surface area contributed by atoms with Crippen molar-refractivity contribution in [2.75, 3.05) is 31.3 Å². The second-order valence-corrected chi connectivity index (χ2v) is 10.0. The maximum atomic E-state index is 12.5. The van der Waals surface area contributed by atoms with E-state index in [4.69, 9.17) is 9.47 Å². The van der Waals surface area contributed by atoms with E-state index in [1.807, 2.05) is 13.8 Å². The highest BCUT2D eigenvalue weighted by molar-refractivity contribution is 7.91. The van der Waals surface area contributed by atoms with E-state index in [9.17, 15) is 18.0 Å². The zero-order valence-electron chi connectivity index (χ0n) is 16.6. The van der Waals surface area contributed by atoms with Crippen LogP contribution >= 0.6 is 0 Å². The van der Waals surface area contributed by atoms with E-state index in [-0.39, 0.29) is 36.0 Å². The minimum Gasteiger partial charge on any atom is -0.454 e. The first-order valence-electron chi connectivity index (χ1n) is 9.30. The second-order valence-electron chi connectivity index (χ2n) is 7.80. The highest BCUT2D eigenvalue weighted by Crippen LogP contribution is 2.19. The third-order valence-electron chi connectivity index (χ3n) is 4.26. The van der Waals surface area contributed by atoms with Crippen LogP contribution in [0.2, 0.25) is 0 Å². The quantitative estimate of drug-likeness (QED) is 0.526. The highest BCUT2D eigenvalue weighted by Gasteiger charge is 2.35. The van der Waals surface area contributed by atoms with Crippen molar-refractivity contribution in [3.05, 3.63) is 0 Å². The van der Waals surface area contributed by atoms with Gasteiger partial charge in [-0.05, 0) is 31.6 Å². The molecule has 1 amide bonds. The molecule has 8 heteroatoms. The van der Waals surface area contributed by atoms with Crippen molar-refractivity contribution in [3.8, 4) is 0 Å². The number of carbonyl (C=O) groups excluding carboxylic acids is 2.